The summed E-state index contributed by atoms with van der Waals surface area (Å²) in [6, 6.07) is 4.17. The van der Waals surface area contributed by atoms with Crippen LogP contribution in [0.25, 0.3) is 0 Å². The first-order chi connectivity index (χ1) is 11.8. The van der Waals surface area contributed by atoms with Crippen LogP contribution in [0, 0.1) is 6.92 Å². The Kier molecular flexibility index (Phi) is 5.50. The highest BCUT2D eigenvalue weighted by Gasteiger charge is 2.29. The maximum atomic E-state index is 12.9. The number of sulfonamides is 2. The van der Waals surface area contributed by atoms with Gasteiger partial charge in [0.1, 0.15) is 0 Å². The molecule has 0 bridgehead atoms. The van der Waals surface area contributed by atoms with Crippen LogP contribution in [-0.2, 0) is 20.0 Å². The minimum atomic E-state index is -3.75. The standard InChI is InChI=1S/C16H25N3O4S2/c1-13-5-6-15(24(20,21)18-14-7-8-17-12-14)11-16(13)25(22,23)19-9-3-2-4-10-19/h5-6,11,14,17-18H,2-4,7-10,12H2,1H3. The summed E-state index contributed by atoms with van der Waals surface area (Å²) in [5.41, 5.74) is 0.562. The molecule has 7 nitrogen and oxygen atoms in total. The van der Waals surface area contributed by atoms with Crippen LogP contribution in [0.3, 0.4) is 0 Å². The summed E-state index contributed by atoms with van der Waals surface area (Å²) in [6.45, 7) is 4.04. The molecule has 1 aromatic rings. The fraction of sp³-hybridized carbons (Fsp3) is 0.625. The molecule has 0 saturated carbocycles. The van der Waals surface area contributed by atoms with Crippen molar-refractivity contribution in [2.24, 2.45) is 0 Å². The second-order valence-electron chi connectivity index (χ2n) is 6.70. The minimum Gasteiger partial charge on any atom is -0.315 e. The first-order valence-electron chi connectivity index (χ1n) is 8.64. The molecule has 0 amide bonds. The van der Waals surface area contributed by atoms with Gasteiger partial charge in [-0.15, -0.1) is 0 Å². The van der Waals surface area contributed by atoms with Crippen LogP contribution < -0.4 is 10.0 Å². The Bertz CT molecular complexity index is 825. The molecule has 1 atom stereocenters. The average Bonchev–Trinajstić information content (AvgIpc) is 3.08. The number of aryl methyl sites for hydroxylation is 1. The van der Waals surface area contributed by atoms with Gasteiger partial charge < -0.3 is 5.32 Å². The van der Waals surface area contributed by atoms with Crippen LogP contribution in [-0.4, -0.2) is 53.4 Å². The Morgan fingerprint density at radius 3 is 2.48 bits per heavy atom. The zero-order chi connectivity index (χ0) is 18.1. The van der Waals surface area contributed by atoms with Gasteiger partial charge in [-0.3, -0.25) is 0 Å². The van der Waals surface area contributed by atoms with Gasteiger partial charge in [0.15, 0.2) is 0 Å². The van der Waals surface area contributed by atoms with Crippen LogP contribution in [0.5, 0.6) is 0 Å². The number of hydrogen-bond donors (Lipinski definition) is 2. The van der Waals surface area contributed by atoms with Gasteiger partial charge >= 0.3 is 0 Å². The lowest BCUT2D eigenvalue weighted by atomic mass is 10.2. The van der Waals surface area contributed by atoms with E-state index in [0.717, 1.165) is 32.2 Å². The van der Waals surface area contributed by atoms with Crippen molar-refractivity contribution in [2.75, 3.05) is 26.2 Å². The van der Waals surface area contributed by atoms with Gasteiger partial charge in [0, 0.05) is 25.7 Å². The molecule has 140 valence electrons. The molecule has 0 spiro atoms. The highest BCUT2D eigenvalue weighted by Crippen LogP contribution is 2.26. The second-order valence-corrected chi connectivity index (χ2v) is 10.3. The van der Waals surface area contributed by atoms with E-state index in [-0.39, 0.29) is 15.8 Å². The third-order valence-electron chi connectivity index (χ3n) is 4.78. The van der Waals surface area contributed by atoms with E-state index in [1.807, 2.05) is 0 Å². The fourth-order valence-corrected chi connectivity index (χ4v) is 6.45. The third kappa shape index (κ3) is 4.06. The van der Waals surface area contributed by atoms with Crippen molar-refractivity contribution in [2.45, 2.75) is 48.4 Å². The van der Waals surface area contributed by atoms with Gasteiger partial charge in [0.25, 0.3) is 0 Å². The van der Waals surface area contributed by atoms with E-state index in [0.29, 0.717) is 25.2 Å². The van der Waals surface area contributed by atoms with Gasteiger partial charge in [-0.2, -0.15) is 4.31 Å². The molecular weight excluding hydrogens is 362 g/mol. The molecule has 2 aliphatic rings. The topological polar surface area (TPSA) is 95.6 Å². The van der Waals surface area contributed by atoms with E-state index >= 15 is 0 Å². The number of hydrogen-bond acceptors (Lipinski definition) is 5. The van der Waals surface area contributed by atoms with Gasteiger partial charge in [-0.05, 0) is 50.4 Å². The molecule has 25 heavy (non-hydrogen) atoms. The van der Waals surface area contributed by atoms with Gasteiger partial charge in [-0.1, -0.05) is 12.5 Å². The van der Waals surface area contributed by atoms with Gasteiger partial charge in [0.05, 0.1) is 9.79 Å². The predicted molar refractivity (Wildman–Crippen MR) is 95.4 cm³/mol. The molecule has 0 radical (unpaired) electrons. The summed E-state index contributed by atoms with van der Waals surface area (Å²) in [6.07, 6.45) is 3.43. The summed E-state index contributed by atoms with van der Waals surface area (Å²) in [7, 11) is -7.42. The number of nitrogens with one attached hydrogen (secondary N) is 2. The molecule has 1 aromatic carbocycles. The first kappa shape index (κ1) is 18.8. The van der Waals surface area contributed by atoms with E-state index in [4.69, 9.17) is 0 Å². The maximum absolute atomic E-state index is 12.9. The Labute approximate surface area is 149 Å². The van der Waals surface area contributed by atoms with Gasteiger partial charge in [-0.25, -0.2) is 21.6 Å². The number of nitrogens with zero attached hydrogens (tertiary/aromatic N) is 1. The Morgan fingerprint density at radius 2 is 1.84 bits per heavy atom. The smallest absolute Gasteiger partial charge is 0.243 e. The molecule has 1 unspecified atom stereocenters. The summed E-state index contributed by atoms with van der Waals surface area (Å²) in [5.74, 6) is 0. The Balaban J connectivity index is 1.92. The number of rotatable bonds is 5. The van der Waals surface area contributed by atoms with E-state index in [9.17, 15) is 16.8 Å². The summed E-state index contributed by atoms with van der Waals surface area (Å²) in [5, 5.41) is 3.10. The molecule has 2 aliphatic heterocycles. The van der Waals surface area contributed by atoms with Crippen molar-refractivity contribution >= 4 is 20.0 Å². The normalized spacial score (nSPS) is 23.0. The molecule has 3 rings (SSSR count). The zero-order valence-electron chi connectivity index (χ0n) is 14.4. The number of piperidine rings is 1. The number of benzene rings is 1. The third-order valence-corrected chi connectivity index (χ3v) is 8.34. The van der Waals surface area contributed by atoms with E-state index in [1.165, 1.54) is 16.4 Å². The lowest BCUT2D eigenvalue weighted by molar-refractivity contribution is 0.346. The van der Waals surface area contributed by atoms with Crippen LogP contribution in [0.4, 0.5) is 0 Å². The van der Waals surface area contributed by atoms with Crippen molar-refractivity contribution < 1.29 is 16.8 Å². The Morgan fingerprint density at radius 1 is 1.12 bits per heavy atom. The van der Waals surface area contributed by atoms with Crippen molar-refractivity contribution in [3.63, 3.8) is 0 Å². The minimum absolute atomic E-state index is 0.000541. The first-order valence-corrected chi connectivity index (χ1v) is 11.6. The SMILES string of the molecule is Cc1ccc(S(=O)(=O)NC2CCNC2)cc1S(=O)(=O)N1CCCCC1. The summed E-state index contributed by atoms with van der Waals surface area (Å²) in [4.78, 5) is 0.0856. The van der Waals surface area contributed by atoms with Crippen molar-refractivity contribution in [1.82, 2.24) is 14.3 Å². The monoisotopic (exact) mass is 387 g/mol. The molecular formula is C16H25N3O4S2. The van der Waals surface area contributed by atoms with E-state index in [1.54, 1.807) is 13.0 Å². The lowest BCUT2D eigenvalue weighted by Gasteiger charge is -2.26. The van der Waals surface area contributed by atoms with Gasteiger partial charge in [0.2, 0.25) is 20.0 Å². The quantitative estimate of drug-likeness (QED) is 0.780. The molecule has 0 aromatic heterocycles. The van der Waals surface area contributed by atoms with Crippen LogP contribution in [0.15, 0.2) is 28.0 Å². The molecule has 0 aliphatic carbocycles. The zero-order valence-corrected chi connectivity index (χ0v) is 16.0. The van der Waals surface area contributed by atoms with Crippen molar-refractivity contribution in [3.8, 4) is 0 Å². The van der Waals surface area contributed by atoms with Crippen LogP contribution in [0.2, 0.25) is 0 Å². The van der Waals surface area contributed by atoms with Crippen molar-refractivity contribution in [3.05, 3.63) is 23.8 Å². The molecule has 2 N–H and O–H groups in total. The largest absolute Gasteiger partial charge is 0.315 e. The fourth-order valence-electron chi connectivity index (χ4n) is 3.31. The van der Waals surface area contributed by atoms with Crippen LogP contribution >= 0.6 is 0 Å². The average molecular weight is 388 g/mol. The second kappa shape index (κ2) is 7.32. The van der Waals surface area contributed by atoms with Crippen molar-refractivity contribution in [1.29, 1.82) is 0 Å². The highest BCUT2D eigenvalue weighted by molar-refractivity contribution is 7.90. The molecule has 2 heterocycles. The summed E-state index contributed by atoms with van der Waals surface area (Å²) < 4.78 is 55.2. The van der Waals surface area contributed by atoms with E-state index < -0.39 is 20.0 Å². The Hall–Kier alpha value is -1.00. The molecule has 9 heteroatoms. The van der Waals surface area contributed by atoms with Crippen LogP contribution in [0.1, 0.15) is 31.2 Å². The predicted octanol–water partition coefficient (Wildman–Crippen LogP) is 0.810. The maximum Gasteiger partial charge on any atom is 0.243 e. The summed E-state index contributed by atoms with van der Waals surface area (Å²) >= 11 is 0. The molecule has 2 fully saturated rings. The van der Waals surface area contributed by atoms with E-state index in [2.05, 4.69) is 10.0 Å². The highest BCUT2D eigenvalue weighted by atomic mass is 32.2. The molecule has 2 saturated heterocycles. The lowest BCUT2D eigenvalue weighted by Crippen LogP contribution is -2.37.